The molecule has 0 radical (unpaired) electrons. The van der Waals surface area contributed by atoms with Gasteiger partial charge in [-0.1, -0.05) is 4.49 Å². The van der Waals surface area contributed by atoms with Crippen LogP contribution in [-0.2, 0) is 19.4 Å². The first-order valence-corrected chi connectivity index (χ1v) is 6.46. The number of nitrogens with one attached hydrogen (secondary N) is 1. The molecule has 0 aliphatic heterocycles. The topological polar surface area (TPSA) is 81.6 Å². The molecule has 0 unspecified atom stereocenters. The highest BCUT2D eigenvalue weighted by Crippen LogP contribution is 2.23. The maximum atomic E-state index is 5.42. The molecule has 7 heteroatoms. The number of nitrogen functional groups attached to an aromatic ring is 1. The monoisotopic (exact) mass is 250 g/mol. The number of nitrogens with two attached hydrogens (primary N) is 1. The Morgan fingerprint density at radius 2 is 2.29 bits per heavy atom. The summed E-state index contributed by atoms with van der Waals surface area (Å²) in [6, 6.07) is 0. The lowest BCUT2D eigenvalue weighted by molar-refractivity contribution is 0.625. The Balaban J connectivity index is 1.88. The number of nitrogens with zero attached hydrogens (tertiary/aromatic N) is 4. The number of hydrogen-bond donors (Lipinski definition) is 2. The number of rotatable bonds is 3. The van der Waals surface area contributed by atoms with Crippen molar-refractivity contribution in [2.75, 3.05) is 5.43 Å². The van der Waals surface area contributed by atoms with Crippen LogP contribution < -0.4 is 11.3 Å². The van der Waals surface area contributed by atoms with Crippen LogP contribution in [0.1, 0.15) is 29.9 Å². The van der Waals surface area contributed by atoms with Crippen LogP contribution in [0.25, 0.3) is 0 Å². The summed E-state index contributed by atoms with van der Waals surface area (Å²) in [5, 5.41) is 4.91. The van der Waals surface area contributed by atoms with E-state index in [1.807, 2.05) is 6.33 Å². The average molecular weight is 250 g/mol. The number of fused-ring (bicyclic) bond motifs is 1. The van der Waals surface area contributed by atoms with Gasteiger partial charge in [-0.05, 0) is 25.7 Å². The highest BCUT2D eigenvalue weighted by atomic mass is 32.1. The van der Waals surface area contributed by atoms with Gasteiger partial charge >= 0.3 is 0 Å². The highest BCUT2D eigenvalue weighted by Gasteiger charge is 2.16. The van der Waals surface area contributed by atoms with Gasteiger partial charge in [0.15, 0.2) is 0 Å². The highest BCUT2D eigenvalue weighted by molar-refractivity contribution is 7.10. The van der Waals surface area contributed by atoms with Crippen molar-refractivity contribution in [3.8, 4) is 0 Å². The molecular formula is C10H14N6S. The van der Waals surface area contributed by atoms with Crippen LogP contribution in [0, 0.1) is 0 Å². The number of aryl methyl sites for hydroxylation is 1. The summed E-state index contributed by atoms with van der Waals surface area (Å²) < 4.78 is 6.06. The Labute approximate surface area is 103 Å². The van der Waals surface area contributed by atoms with Crippen LogP contribution in [0.5, 0.6) is 0 Å². The van der Waals surface area contributed by atoms with Gasteiger partial charge in [-0.3, -0.25) is 0 Å². The standard InChI is InChI=1S/C10H14N6S/c11-13-10-8(14-15-17-10)5-16-6-12-7-3-1-2-4-9(7)16/h6,13H,1-5,11H2. The van der Waals surface area contributed by atoms with Gasteiger partial charge in [0.2, 0.25) is 0 Å². The van der Waals surface area contributed by atoms with Gasteiger partial charge in [0.25, 0.3) is 0 Å². The molecule has 0 fully saturated rings. The molecule has 17 heavy (non-hydrogen) atoms. The minimum absolute atomic E-state index is 0.693. The average Bonchev–Trinajstić information content (AvgIpc) is 2.97. The van der Waals surface area contributed by atoms with Crippen LogP contribution >= 0.6 is 11.5 Å². The van der Waals surface area contributed by atoms with Crippen molar-refractivity contribution in [1.82, 2.24) is 19.1 Å². The summed E-state index contributed by atoms with van der Waals surface area (Å²) >= 11 is 1.28. The Bertz CT molecular complexity index is 517. The summed E-state index contributed by atoms with van der Waals surface area (Å²) in [5.74, 6) is 5.42. The van der Waals surface area contributed by atoms with Crippen LogP contribution in [0.15, 0.2) is 6.33 Å². The van der Waals surface area contributed by atoms with Gasteiger partial charge in [-0.15, -0.1) is 5.10 Å². The molecule has 0 amide bonds. The molecule has 2 aromatic heterocycles. The van der Waals surface area contributed by atoms with E-state index in [2.05, 4.69) is 24.6 Å². The number of hydrogen-bond acceptors (Lipinski definition) is 6. The van der Waals surface area contributed by atoms with E-state index in [4.69, 9.17) is 5.84 Å². The van der Waals surface area contributed by atoms with E-state index in [1.165, 1.54) is 35.8 Å². The third kappa shape index (κ3) is 1.91. The van der Waals surface area contributed by atoms with Gasteiger partial charge < -0.3 is 9.99 Å². The Kier molecular flexibility index (Phi) is 2.77. The Hall–Kier alpha value is -1.47. The van der Waals surface area contributed by atoms with Crippen molar-refractivity contribution < 1.29 is 0 Å². The summed E-state index contributed by atoms with van der Waals surface area (Å²) in [5.41, 5.74) is 6.08. The Morgan fingerprint density at radius 1 is 1.41 bits per heavy atom. The lowest BCUT2D eigenvalue weighted by Gasteiger charge is -2.13. The van der Waals surface area contributed by atoms with Crippen molar-refractivity contribution in [2.24, 2.45) is 5.84 Å². The first-order valence-electron chi connectivity index (χ1n) is 5.69. The van der Waals surface area contributed by atoms with Crippen LogP contribution in [0.4, 0.5) is 5.00 Å². The largest absolute Gasteiger partial charge is 0.328 e. The lowest BCUT2D eigenvalue weighted by atomic mass is 10.0. The van der Waals surface area contributed by atoms with E-state index < -0.39 is 0 Å². The van der Waals surface area contributed by atoms with Crippen molar-refractivity contribution in [3.05, 3.63) is 23.4 Å². The zero-order valence-corrected chi connectivity index (χ0v) is 10.2. The summed E-state index contributed by atoms with van der Waals surface area (Å²) in [7, 11) is 0. The van der Waals surface area contributed by atoms with Crippen LogP contribution in [0.3, 0.4) is 0 Å². The van der Waals surface area contributed by atoms with Crippen molar-refractivity contribution in [3.63, 3.8) is 0 Å². The van der Waals surface area contributed by atoms with Gasteiger partial charge in [0, 0.05) is 17.2 Å². The minimum Gasteiger partial charge on any atom is -0.328 e. The number of anilines is 1. The molecule has 0 atom stereocenters. The van der Waals surface area contributed by atoms with Crippen molar-refractivity contribution in [1.29, 1.82) is 0 Å². The van der Waals surface area contributed by atoms with Gasteiger partial charge in [0.05, 0.1) is 18.6 Å². The molecule has 0 saturated heterocycles. The molecule has 0 aromatic carbocycles. The number of imidazole rings is 1. The van der Waals surface area contributed by atoms with Gasteiger partial charge in [-0.2, -0.15) is 0 Å². The Morgan fingerprint density at radius 3 is 3.18 bits per heavy atom. The predicted molar refractivity (Wildman–Crippen MR) is 65.7 cm³/mol. The van der Waals surface area contributed by atoms with Crippen molar-refractivity contribution in [2.45, 2.75) is 32.2 Å². The SMILES string of the molecule is NNc1snnc1Cn1cnc2c1CCCC2. The third-order valence-electron chi connectivity index (χ3n) is 3.12. The van der Waals surface area contributed by atoms with E-state index in [9.17, 15) is 0 Å². The zero-order valence-electron chi connectivity index (χ0n) is 9.39. The van der Waals surface area contributed by atoms with E-state index in [0.717, 1.165) is 23.5 Å². The molecule has 1 aliphatic rings. The molecular weight excluding hydrogens is 236 g/mol. The van der Waals surface area contributed by atoms with Crippen molar-refractivity contribution >= 4 is 16.5 Å². The molecule has 2 heterocycles. The first kappa shape index (κ1) is 10.7. The van der Waals surface area contributed by atoms with Crippen LogP contribution in [0.2, 0.25) is 0 Å². The molecule has 0 bridgehead atoms. The minimum atomic E-state index is 0.693. The van der Waals surface area contributed by atoms with Gasteiger partial charge in [0.1, 0.15) is 10.7 Å². The molecule has 6 nitrogen and oxygen atoms in total. The fourth-order valence-electron chi connectivity index (χ4n) is 2.25. The second kappa shape index (κ2) is 4.42. The fourth-order valence-corrected chi connectivity index (χ4v) is 2.73. The number of hydrazine groups is 1. The smallest absolute Gasteiger partial charge is 0.149 e. The normalized spacial score (nSPS) is 14.6. The van der Waals surface area contributed by atoms with E-state index in [1.54, 1.807) is 0 Å². The van der Waals surface area contributed by atoms with Gasteiger partial charge in [-0.25, -0.2) is 10.8 Å². The predicted octanol–water partition coefficient (Wildman–Crippen LogP) is 0.947. The second-order valence-electron chi connectivity index (χ2n) is 4.17. The molecule has 2 aromatic rings. The molecule has 3 rings (SSSR count). The molecule has 0 saturated carbocycles. The van der Waals surface area contributed by atoms with E-state index in [0.29, 0.717) is 6.54 Å². The lowest BCUT2D eigenvalue weighted by Crippen LogP contribution is -2.12. The molecule has 1 aliphatic carbocycles. The second-order valence-corrected chi connectivity index (χ2v) is 4.92. The molecule has 90 valence electrons. The first-order chi connectivity index (χ1) is 8.38. The molecule has 3 N–H and O–H groups in total. The summed E-state index contributed by atoms with van der Waals surface area (Å²) in [4.78, 5) is 4.46. The maximum Gasteiger partial charge on any atom is 0.149 e. The summed E-state index contributed by atoms with van der Waals surface area (Å²) in [6.45, 7) is 0.693. The summed E-state index contributed by atoms with van der Waals surface area (Å²) in [6.07, 6.45) is 6.60. The van der Waals surface area contributed by atoms with E-state index >= 15 is 0 Å². The molecule has 0 spiro atoms. The van der Waals surface area contributed by atoms with Crippen LogP contribution in [-0.4, -0.2) is 19.1 Å². The maximum absolute atomic E-state index is 5.42. The zero-order chi connectivity index (χ0) is 11.7. The third-order valence-corrected chi connectivity index (χ3v) is 3.82. The fraction of sp³-hybridized carbons (Fsp3) is 0.500. The number of aromatic nitrogens is 4. The van der Waals surface area contributed by atoms with E-state index in [-0.39, 0.29) is 0 Å². The quantitative estimate of drug-likeness (QED) is 0.626.